The third kappa shape index (κ3) is 4.18. The van der Waals surface area contributed by atoms with E-state index in [0.717, 1.165) is 19.3 Å². The van der Waals surface area contributed by atoms with Crippen molar-refractivity contribution < 1.29 is 14.8 Å². The monoisotopic (exact) mass is 294 g/mol. The van der Waals surface area contributed by atoms with Crippen LogP contribution in [0.2, 0.25) is 0 Å². The van der Waals surface area contributed by atoms with Crippen LogP contribution < -0.4 is 4.90 Å². The zero-order chi connectivity index (χ0) is 16.0. The molecule has 6 heteroatoms. The molecule has 21 heavy (non-hydrogen) atoms. The van der Waals surface area contributed by atoms with Crippen molar-refractivity contribution in [1.82, 2.24) is 0 Å². The third-order valence-electron chi connectivity index (χ3n) is 3.60. The predicted molar refractivity (Wildman–Crippen MR) is 82.1 cm³/mol. The lowest BCUT2D eigenvalue weighted by atomic mass is 10.1. The Hall–Kier alpha value is -2.11. The highest BCUT2D eigenvalue weighted by Crippen LogP contribution is 2.31. The third-order valence-corrected chi connectivity index (χ3v) is 3.60. The van der Waals surface area contributed by atoms with Crippen LogP contribution in [0, 0.1) is 10.1 Å². The Bertz CT molecular complexity index is 516. The zero-order valence-corrected chi connectivity index (χ0v) is 12.7. The Labute approximate surface area is 124 Å². The summed E-state index contributed by atoms with van der Waals surface area (Å²) in [6.45, 7) is 6.73. The first-order valence-corrected chi connectivity index (χ1v) is 7.20. The molecular weight excluding hydrogens is 272 g/mol. The van der Waals surface area contributed by atoms with Crippen molar-refractivity contribution in [1.29, 1.82) is 0 Å². The Morgan fingerprint density at radius 2 is 2.10 bits per heavy atom. The lowest BCUT2D eigenvalue weighted by Gasteiger charge is -2.30. The number of benzene rings is 1. The van der Waals surface area contributed by atoms with Crippen LogP contribution >= 0.6 is 0 Å². The molecule has 0 heterocycles. The van der Waals surface area contributed by atoms with E-state index in [0.29, 0.717) is 12.2 Å². The predicted octanol–water partition coefficient (Wildman–Crippen LogP) is 3.70. The number of aromatic carboxylic acids is 1. The fourth-order valence-corrected chi connectivity index (χ4v) is 2.17. The molecule has 0 aromatic heterocycles. The second-order valence-electron chi connectivity index (χ2n) is 5.07. The molecule has 0 fully saturated rings. The minimum Gasteiger partial charge on any atom is -0.478 e. The minimum atomic E-state index is -1.08. The Morgan fingerprint density at radius 3 is 2.57 bits per heavy atom. The van der Waals surface area contributed by atoms with Crippen molar-refractivity contribution in [3.63, 3.8) is 0 Å². The largest absolute Gasteiger partial charge is 0.478 e. The molecule has 116 valence electrons. The maximum atomic E-state index is 11.2. The number of hydrogen-bond acceptors (Lipinski definition) is 4. The smallest absolute Gasteiger partial charge is 0.335 e. The van der Waals surface area contributed by atoms with Gasteiger partial charge in [-0.25, -0.2) is 4.79 Å². The van der Waals surface area contributed by atoms with E-state index in [1.165, 1.54) is 18.2 Å². The Morgan fingerprint density at radius 1 is 1.43 bits per heavy atom. The number of nitro groups is 1. The van der Waals surface area contributed by atoms with E-state index in [9.17, 15) is 14.9 Å². The first kappa shape index (κ1) is 16.9. The van der Waals surface area contributed by atoms with Crippen LogP contribution in [-0.4, -0.2) is 28.6 Å². The number of nitrogens with zero attached hydrogens (tertiary/aromatic N) is 2. The normalized spacial score (nSPS) is 12.0. The zero-order valence-electron chi connectivity index (χ0n) is 12.7. The van der Waals surface area contributed by atoms with Gasteiger partial charge in [0.1, 0.15) is 5.69 Å². The number of rotatable bonds is 8. The van der Waals surface area contributed by atoms with Crippen molar-refractivity contribution in [3.8, 4) is 0 Å². The number of carboxylic acids is 1. The number of carbonyl (C=O) groups is 1. The molecule has 0 saturated heterocycles. The molecule has 0 saturated carbocycles. The number of anilines is 1. The summed E-state index contributed by atoms with van der Waals surface area (Å²) in [5.74, 6) is -1.08. The van der Waals surface area contributed by atoms with Gasteiger partial charge in [-0.1, -0.05) is 20.3 Å². The number of carboxylic acid groups (broad SMARTS) is 1. The summed E-state index contributed by atoms with van der Waals surface area (Å²) in [5.41, 5.74) is 0.416. The molecule has 0 spiro atoms. The topological polar surface area (TPSA) is 83.7 Å². The van der Waals surface area contributed by atoms with E-state index in [1.54, 1.807) is 0 Å². The number of hydrogen-bond donors (Lipinski definition) is 1. The lowest BCUT2D eigenvalue weighted by Crippen LogP contribution is -2.34. The lowest BCUT2D eigenvalue weighted by molar-refractivity contribution is -0.384. The van der Waals surface area contributed by atoms with Crippen LogP contribution in [0.15, 0.2) is 18.2 Å². The first-order valence-electron chi connectivity index (χ1n) is 7.20. The van der Waals surface area contributed by atoms with Gasteiger partial charge in [0.25, 0.3) is 5.69 Å². The van der Waals surface area contributed by atoms with E-state index < -0.39 is 10.9 Å². The molecule has 1 unspecified atom stereocenters. The maximum absolute atomic E-state index is 11.2. The average Bonchev–Trinajstić information content (AvgIpc) is 2.46. The maximum Gasteiger partial charge on any atom is 0.335 e. The number of nitro benzene ring substituents is 1. The summed E-state index contributed by atoms with van der Waals surface area (Å²) in [5, 5.41) is 20.3. The minimum absolute atomic E-state index is 0.0450. The van der Waals surface area contributed by atoms with Crippen molar-refractivity contribution in [3.05, 3.63) is 33.9 Å². The van der Waals surface area contributed by atoms with Crippen LogP contribution in [0.4, 0.5) is 11.4 Å². The summed E-state index contributed by atoms with van der Waals surface area (Å²) in [4.78, 5) is 23.8. The van der Waals surface area contributed by atoms with Gasteiger partial charge >= 0.3 is 5.97 Å². The Kier molecular flexibility index (Phi) is 6.14. The average molecular weight is 294 g/mol. The molecule has 0 radical (unpaired) electrons. The molecular formula is C15H22N2O4. The van der Waals surface area contributed by atoms with E-state index in [4.69, 9.17) is 5.11 Å². The summed E-state index contributed by atoms with van der Waals surface area (Å²) in [6.07, 6.45) is 2.70. The first-order chi connectivity index (χ1) is 9.92. The van der Waals surface area contributed by atoms with Crippen molar-refractivity contribution >= 4 is 17.3 Å². The summed E-state index contributed by atoms with van der Waals surface area (Å²) in [6, 6.07) is 4.07. The van der Waals surface area contributed by atoms with Gasteiger partial charge in [-0.15, -0.1) is 0 Å². The van der Waals surface area contributed by atoms with E-state index >= 15 is 0 Å². The van der Waals surface area contributed by atoms with Crippen LogP contribution in [0.3, 0.4) is 0 Å². The van der Waals surface area contributed by atoms with Crippen LogP contribution in [0.25, 0.3) is 0 Å². The molecule has 1 aromatic rings. The molecule has 6 nitrogen and oxygen atoms in total. The van der Waals surface area contributed by atoms with Gasteiger partial charge < -0.3 is 10.0 Å². The molecule has 1 N–H and O–H groups in total. The fourth-order valence-electron chi connectivity index (χ4n) is 2.17. The van der Waals surface area contributed by atoms with Crippen molar-refractivity contribution in [2.24, 2.45) is 0 Å². The van der Waals surface area contributed by atoms with Crippen LogP contribution in [-0.2, 0) is 0 Å². The van der Waals surface area contributed by atoms with Gasteiger partial charge in [0, 0.05) is 18.7 Å². The highest BCUT2D eigenvalue weighted by molar-refractivity contribution is 5.90. The summed E-state index contributed by atoms with van der Waals surface area (Å²) < 4.78 is 0. The quantitative estimate of drug-likeness (QED) is 0.583. The second kappa shape index (κ2) is 7.61. The highest BCUT2D eigenvalue weighted by Gasteiger charge is 2.24. The van der Waals surface area contributed by atoms with E-state index in [1.807, 2.05) is 18.7 Å². The molecule has 0 aliphatic carbocycles. The van der Waals surface area contributed by atoms with Gasteiger partial charge in [-0.3, -0.25) is 10.1 Å². The van der Waals surface area contributed by atoms with Gasteiger partial charge in [0.2, 0.25) is 0 Å². The van der Waals surface area contributed by atoms with E-state index in [2.05, 4.69) is 6.92 Å². The molecule has 0 aliphatic heterocycles. The van der Waals surface area contributed by atoms with Crippen molar-refractivity contribution in [2.75, 3.05) is 11.4 Å². The van der Waals surface area contributed by atoms with Gasteiger partial charge in [-0.05, 0) is 31.9 Å². The summed E-state index contributed by atoms with van der Waals surface area (Å²) in [7, 11) is 0. The van der Waals surface area contributed by atoms with Crippen molar-refractivity contribution in [2.45, 2.75) is 46.1 Å². The molecule has 1 atom stereocenters. The highest BCUT2D eigenvalue weighted by atomic mass is 16.6. The Balaban J connectivity index is 3.33. The number of unbranched alkanes of at least 4 members (excludes halogenated alkanes) is 1. The molecule has 1 aromatic carbocycles. The van der Waals surface area contributed by atoms with E-state index in [-0.39, 0.29) is 17.3 Å². The van der Waals surface area contributed by atoms with Crippen LogP contribution in [0.5, 0.6) is 0 Å². The second-order valence-corrected chi connectivity index (χ2v) is 5.07. The standard InChI is InChI=1S/C15H22N2O4/c1-4-6-9-16(11(3)5-2)14-10-12(15(18)19)7-8-13(14)17(20)21/h7-8,10-11H,4-6,9H2,1-3H3,(H,18,19). The molecule has 0 bridgehead atoms. The molecule has 0 amide bonds. The molecule has 0 aliphatic rings. The summed E-state index contributed by atoms with van der Waals surface area (Å²) >= 11 is 0. The van der Waals surface area contributed by atoms with Crippen LogP contribution in [0.1, 0.15) is 50.4 Å². The van der Waals surface area contributed by atoms with Gasteiger partial charge in [0.05, 0.1) is 10.5 Å². The molecule has 1 rings (SSSR count). The SMILES string of the molecule is CCCCN(c1cc(C(=O)O)ccc1[N+](=O)[O-])C(C)CC. The van der Waals surface area contributed by atoms with Gasteiger partial charge in [0.15, 0.2) is 0 Å². The fraction of sp³-hybridized carbons (Fsp3) is 0.533. The van der Waals surface area contributed by atoms with Gasteiger partial charge in [-0.2, -0.15) is 0 Å².